The van der Waals surface area contributed by atoms with Crippen molar-refractivity contribution in [2.45, 2.75) is 6.92 Å². The van der Waals surface area contributed by atoms with E-state index in [1.807, 2.05) is 6.92 Å². The molecule has 2 N–H and O–H groups in total. The number of hydrogen-bond acceptors (Lipinski definition) is 5. The maximum atomic E-state index is 12.3. The molecule has 2 aromatic rings. The summed E-state index contributed by atoms with van der Waals surface area (Å²) >= 11 is 5.81. The van der Waals surface area contributed by atoms with Crippen LogP contribution in [-0.4, -0.2) is 49.9 Å². The quantitative estimate of drug-likeness (QED) is 0.694. The van der Waals surface area contributed by atoms with E-state index in [9.17, 15) is 14.4 Å². The Kier molecular flexibility index (Phi) is 7.54. The summed E-state index contributed by atoms with van der Waals surface area (Å²) in [5.41, 5.74) is 2.30. The number of nitrogens with zero attached hydrogens (tertiary/aromatic N) is 1. The molecule has 7 nitrogen and oxygen atoms in total. The van der Waals surface area contributed by atoms with E-state index in [-0.39, 0.29) is 24.9 Å². The normalized spacial score (nSPS) is 10.5. The van der Waals surface area contributed by atoms with Crippen LogP contribution in [-0.2, 0) is 14.3 Å². The van der Waals surface area contributed by atoms with Crippen LogP contribution < -0.4 is 10.6 Å². The Morgan fingerprint density at radius 3 is 2.21 bits per heavy atom. The van der Waals surface area contributed by atoms with Gasteiger partial charge in [-0.3, -0.25) is 14.5 Å². The Labute approximate surface area is 168 Å². The summed E-state index contributed by atoms with van der Waals surface area (Å²) in [6, 6.07) is 11.7. The van der Waals surface area contributed by atoms with Crippen LogP contribution in [0.15, 0.2) is 42.5 Å². The van der Waals surface area contributed by atoms with Crippen molar-refractivity contribution in [3.63, 3.8) is 0 Å². The average Bonchev–Trinajstić information content (AvgIpc) is 2.64. The van der Waals surface area contributed by atoms with Gasteiger partial charge in [0, 0.05) is 16.4 Å². The predicted octanol–water partition coefficient (Wildman–Crippen LogP) is 2.94. The van der Waals surface area contributed by atoms with Gasteiger partial charge in [0.25, 0.3) is 0 Å². The monoisotopic (exact) mass is 403 g/mol. The number of amides is 2. The Morgan fingerprint density at radius 2 is 1.61 bits per heavy atom. The largest absolute Gasteiger partial charge is 0.465 e. The third-order valence-corrected chi connectivity index (χ3v) is 4.14. The van der Waals surface area contributed by atoms with Gasteiger partial charge in [-0.2, -0.15) is 0 Å². The second kappa shape index (κ2) is 9.87. The molecule has 0 unspecified atom stereocenters. The highest BCUT2D eigenvalue weighted by Gasteiger charge is 2.14. The van der Waals surface area contributed by atoms with Crippen LogP contribution >= 0.6 is 11.6 Å². The molecule has 2 amide bonds. The second-order valence-electron chi connectivity index (χ2n) is 6.30. The van der Waals surface area contributed by atoms with Crippen molar-refractivity contribution in [2.24, 2.45) is 0 Å². The van der Waals surface area contributed by atoms with Crippen LogP contribution in [0.4, 0.5) is 11.4 Å². The Balaban J connectivity index is 1.89. The zero-order valence-corrected chi connectivity index (χ0v) is 16.7. The molecule has 0 saturated carbocycles. The van der Waals surface area contributed by atoms with Crippen LogP contribution in [0, 0.1) is 6.92 Å². The van der Waals surface area contributed by atoms with Crippen molar-refractivity contribution < 1.29 is 19.1 Å². The number of nitrogens with one attached hydrogen (secondary N) is 2. The van der Waals surface area contributed by atoms with E-state index in [0.717, 1.165) is 5.56 Å². The van der Waals surface area contributed by atoms with Gasteiger partial charge in [0.2, 0.25) is 11.8 Å². The molecular formula is C20H22ClN3O4. The number of anilines is 2. The first-order valence-electron chi connectivity index (χ1n) is 8.51. The van der Waals surface area contributed by atoms with Crippen molar-refractivity contribution in [1.29, 1.82) is 0 Å². The van der Waals surface area contributed by atoms with E-state index in [0.29, 0.717) is 22.0 Å². The lowest BCUT2D eigenvalue weighted by Gasteiger charge is -2.17. The van der Waals surface area contributed by atoms with Gasteiger partial charge < -0.3 is 15.4 Å². The van der Waals surface area contributed by atoms with Crippen LogP contribution in [0.1, 0.15) is 15.9 Å². The molecule has 28 heavy (non-hydrogen) atoms. The number of halogens is 1. The van der Waals surface area contributed by atoms with Crippen molar-refractivity contribution in [2.75, 3.05) is 37.9 Å². The first-order chi connectivity index (χ1) is 13.3. The first kappa shape index (κ1) is 21.4. The summed E-state index contributed by atoms with van der Waals surface area (Å²) in [5.74, 6) is -1.03. The minimum Gasteiger partial charge on any atom is -0.465 e. The zero-order chi connectivity index (χ0) is 20.7. The van der Waals surface area contributed by atoms with E-state index in [2.05, 4.69) is 15.4 Å². The number of aryl methyl sites for hydroxylation is 1. The smallest absolute Gasteiger partial charge is 0.337 e. The van der Waals surface area contributed by atoms with E-state index in [4.69, 9.17) is 11.6 Å². The minimum absolute atomic E-state index is 0.00985. The summed E-state index contributed by atoms with van der Waals surface area (Å²) in [5, 5.41) is 6.07. The molecule has 0 heterocycles. The molecule has 0 aliphatic rings. The molecule has 0 atom stereocenters. The van der Waals surface area contributed by atoms with Gasteiger partial charge in [-0.15, -0.1) is 0 Å². The van der Waals surface area contributed by atoms with Gasteiger partial charge in [0.15, 0.2) is 0 Å². The highest BCUT2D eigenvalue weighted by molar-refractivity contribution is 6.30. The fourth-order valence-corrected chi connectivity index (χ4v) is 2.60. The van der Waals surface area contributed by atoms with E-state index >= 15 is 0 Å². The molecule has 2 rings (SSSR count). The number of carbonyl (C=O) groups excluding carboxylic acids is 3. The van der Waals surface area contributed by atoms with Crippen molar-refractivity contribution in [3.8, 4) is 0 Å². The molecule has 2 aromatic carbocycles. The van der Waals surface area contributed by atoms with Crippen LogP contribution in [0.25, 0.3) is 0 Å². The average molecular weight is 404 g/mol. The number of ether oxygens (including phenoxy) is 1. The molecule has 148 valence electrons. The molecule has 0 aliphatic heterocycles. The number of esters is 1. The summed E-state index contributed by atoms with van der Waals surface area (Å²) in [4.78, 5) is 37.6. The first-order valence-corrected chi connectivity index (χ1v) is 8.89. The number of methoxy groups -OCH3 is 1. The minimum atomic E-state index is -0.480. The van der Waals surface area contributed by atoms with Gasteiger partial charge in [-0.1, -0.05) is 17.7 Å². The third-order valence-electron chi connectivity index (χ3n) is 3.89. The Bertz CT molecular complexity index is 868. The lowest BCUT2D eigenvalue weighted by Crippen LogP contribution is -2.36. The Hall–Kier alpha value is -2.90. The highest BCUT2D eigenvalue weighted by atomic mass is 35.5. The molecule has 8 heteroatoms. The topological polar surface area (TPSA) is 87.7 Å². The zero-order valence-electron chi connectivity index (χ0n) is 15.9. The number of benzene rings is 2. The molecule has 0 fully saturated rings. The van der Waals surface area contributed by atoms with Gasteiger partial charge in [-0.25, -0.2) is 4.79 Å². The molecule has 0 radical (unpaired) electrons. The lowest BCUT2D eigenvalue weighted by molar-refractivity contribution is -0.119. The second-order valence-corrected chi connectivity index (χ2v) is 6.73. The van der Waals surface area contributed by atoms with Crippen molar-refractivity contribution in [1.82, 2.24) is 4.90 Å². The number of rotatable bonds is 7. The molecule has 0 saturated heterocycles. The van der Waals surface area contributed by atoms with Gasteiger partial charge >= 0.3 is 5.97 Å². The molecule has 0 aromatic heterocycles. The van der Waals surface area contributed by atoms with E-state index < -0.39 is 5.97 Å². The number of likely N-dealkylation sites (N-methyl/N-ethyl adjacent to an activating group) is 1. The van der Waals surface area contributed by atoms with Crippen molar-refractivity contribution in [3.05, 3.63) is 58.6 Å². The SMILES string of the molecule is COC(=O)c1ccc(C)c(NC(=O)CN(C)CC(=O)Nc2ccc(Cl)cc2)c1. The maximum Gasteiger partial charge on any atom is 0.337 e. The standard InChI is InChI=1S/C20H22ClN3O4/c1-13-4-5-14(20(27)28-3)10-17(13)23-19(26)12-24(2)11-18(25)22-16-8-6-15(21)7-9-16/h4-10H,11-12H2,1-3H3,(H,22,25)(H,23,26). The fourth-order valence-electron chi connectivity index (χ4n) is 2.47. The van der Waals surface area contributed by atoms with Gasteiger partial charge in [0.1, 0.15) is 0 Å². The highest BCUT2D eigenvalue weighted by Crippen LogP contribution is 2.17. The molecule has 0 spiro atoms. The van der Waals surface area contributed by atoms with Gasteiger partial charge in [0.05, 0.1) is 25.8 Å². The molecular weight excluding hydrogens is 382 g/mol. The summed E-state index contributed by atoms with van der Waals surface area (Å²) in [7, 11) is 2.96. The summed E-state index contributed by atoms with van der Waals surface area (Å²) < 4.78 is 4.69. The number of hydrogen-bond donors (Lipinski definition) is 2. The maximum absolute atomic E-state index is 12.3. The summed E-state index contributed by atoms with van der Waals surface area (Å²) in [6.45, 7) is 1.87. The third kappa shape index (κ3) is 6.37. The number of carbonyl (C=O) groups is 3. The van der Waals surface area contributed by atoms with Crippen LogP contribution in [0.2, 0.25) is 5.02 Å². The van der Waals surface area contributed by atoms with E-state index in [1.165, 1.54) is 7.11 Å². The van der Waals surface area contributed by atoms with Gasteiger partial charge in [-0.05, 0) is 55.9 Å². The molecule has 0 aliphatic carbocycles. The Morgan fingerprint density at radius 1 is 1.00 bits per heavy atom. The fraction of sp³-hybridized carbons (Fsp3) is 0.250. The van der Waals surface area contributed by atoms with Crippen LogP contribution in [0.3, 0.4) is 0 Å². The predicted molar refractivity (Wildman–Crippen MR) is 109 cm³/mol. The van der Waals surface area contributed by atoms with Crippen LogP contribution in [0.5, 0.6) is 0 Å². The van der Waals surface area contributed by atoms with E-state index in [1.54, 1.807) is 54.4 Å². The summed E-state index contributed by atoms with van der Waals surface area (Å²) in [6.07, 6.45) is 0. The van der Waals surface area contributed by atoms with Crippen molar-refractivity contribution >= 4 is 40.8 Å². The molecule has 0 bridgehead atoms. The lowest BCUT2D eigenvalue weighted by atomic mass is 10.1.